The Labute approximate surface area is 88.5 Å². The number of thiocarbonyl (C=S) groups is 1. The molecule has 0 aliphatic rings. The Morgan fingerprint density at radius 2 is 2.07 bits per heavy atom. The minimum Gasteiger partial charge on any atom is -0.204 e. The molecule has 0 saturated heterocycles. The average Bonchev–Trinajstić information content (AvgIpc) is 2.08. The van der Waals surface area contributed by atoms with Crippen LogP contribution in [0.5, 0.6) is 0 Å². The lowest BCUT2D eigenvalue weighted by Gasteiger charge is -2.01. The van der Waals surface area contributed by atoms with E-state index in [9.17, 15) is 8.42 Å². The van der Waals surface area contributed by atoms with Crippen molar-refractivity contribution in [3.8, 4) is 0 Å². The Morgan fingerprint density at radius 1 is 1.43 bits per heavy atom. The Morgan fingerprint density at radius 3 is 2.64 bits per heavy atom. The van der Waals surface area contributed by atoms with Gasteiger partial charge in [0, 0.05) is 0 Å². The summed E-state index contributed by atoms with van der Waals surface area (Å²) < 4.78 is 25.6. The van der Waals surface area contributed by atoms with E-state index in [1.54, 1.807) is 12.1 Å². The standard InChI is InChI=1S/C9H9NO2S2/c1-8-4-2-3-5-9(8)6-14(11,12)10-7-13/h2-5H,6H2,1H3. The van der Waals surface area contributed by atoms with Crippen LogP contribution in [0.25, 0.3) is 0 Å². The van der Waals surface area contributed by atoms with Gasteiger partial charge in [-0.15, -0.1) is 4.40 Å². The number of isothiocyanates is 1. The molecule has 0 atom stereocenters. The lowest BCUT2D eigenvalue weighted by molar-refractivity contribution is 0.597. The first-order chi connectivity index (χ1) is 6.55. The van der Waals surface area contributed by atoms with Crippen molar-refractivity contribution in [3.05, 3.63) is 35.4 Å². The molecule has 0 radical (unpaired) electrons. The Bertz CT molecular complexity index is 473. The second kappa shape index (κ2) is 4.46. The van der Waals surface area contributed by atoms with Gasteiger partial charge < -0.3 is 0 Å². The highest BCUT2D eigenvalue weighted by Gasteiger charge is 2.10. The molecule has 0 N–H and O–H groups in total. The fourth-order valence-electron chi connectivity index (χ4n) is 1.06. The van der Waals surface area contributed by atoms with Gasteiger partial charge in [0.1, 0.15) is 0 Å². The molecule has 0 unspecified atom stereocenters. The van der Waals surface area contributed by atoms with E-state index in [1.165, 1.54) is 0 Å². The van der Waals surface area contributed by atoms with Gasteiger partial charge in [0.25, 0.3) is 10.0 Å². The molecule has 0 aliphatic heterocycles. The van der Waals surface area contributed by atoms with E-state index in [2.05, 4.69) is 16.6 Å². The van der Waals surface area contributed by atoms with Crippen molar-refractivity contribution >= 4 is 27.4 Å². The van der Waals surface area contributed by atoms with E-state index < -0.39 is 10.0 Å². The lowest BCUT2D eigenvalue weighted by Crippen LogP contribution is -2.01. The maximum Gasteiger partial charge on any atom is 0.265 e. The molecular formula is C9H9NO2S2. The van der Waals surface area contributed by atoms with Gasteiger partial charge >= 0.3 is 0 Å². The molecule has 0 bridgehead atoms. The second-order valence-corrected chi connectivity index (χ2v) is 4.65. The Kier molecular flexibility index (Phi) is 3.52. The normalized spacial score (nSPS) is 10.6. The molecule has 1 rings (SSSR count). The molecule has 74 valence electrons. The van der Waals surface area contributed by atoms with E-state index in [0.29, 0.717) is 0 Å². The molecule has 0 fully saturated rings. The van der Waals surface area contributed by atoms with Crippen molar-refractivity contribution in [2.45, 2.75) is 12.7 Å². The van der Waals surface area contributed by atoms with E-state index in [4.69, 9.17) is 0 Å². The van der Waals surface area contributed by atoms with Gasteiger partial charge in [-0.1, -0.05) is 24.3 Å². The van der Waals surface area contributed by atoms with Crippen LogP contribution in [0.1, 0.15) is 11.1 Å². The molecule has 5 heteroatoms. The zero-order valence-corrected chi connectivity index (χ0v) is 9.23. The number of nitrogens with zero attached hydrogens (tertiary/aromatic N) is 1. The highest BCUT2D eigenvalue weighted by Crippen LogP contribution is 2.11. The van der Waals surface area contributed by atoms with Gasteiger partial charge in [0.2, 0.25) is 0 Å². The zero-order chi connectivity index (χ0) is 10.6. The molecule has 0 aliphatic carbocycles. The molecule has 0 spiro atoms. The minimum absolute atomic E-state index is 0.122. The summed E-state index contributed by atoms with van der Waals surface area (Å²) in [7, 11) is -3.50. The van der Waals surface area contributed by atoms with Crippen LogP contribution in [-0.2, 0) is 15.8 Å². The highest BCUT2D eigenvalue weighted by molar-refractivity contribution is 7.90. The van der Waals surface area contributed by atoms with Crippen LogP contribution in [0.15, 0.2) is 28.7 Å². The molecule has 14 heavy (non-hydrogen) atoms. The van der Waals surface area contributed by atoms with Crippen LogP contribution in [0.4, 0.5) is 0 Å². The van der Waals surface area contributed by atoms with Crippen molar-refractivity contribution < 1.29 is 8.42 Å². The summed E-state index contributed by atoms with van der Waals surface area (Å²) in [5.74, 6) is -0.122. The maximum atomic E-state index is 11.3. The van der Waals surface area contributed by atoms with Crippen LogP contribution < -0.4 is 0 Å². The van der Waals surface area contributed by atoms with Crippen molar-refractivity contribution in [3.63, 3.8) is 0 Å². The lowest BCUT2D eigenvalue weighted by atomic mass is 10.1. The second-order valence-electron chi connectivity index (χ2n) is 2.84. The first-order valence-electron chi connectivity index (χ1n) is 3.91. The predicted molar refractivity (Wildman–Crippen MR) is 58.8 cm³/mol. The fraction of sp³-hybridized carbons (Fsp3) is 0.222. The summed E-state index contributed by atoms with van der Waals surface area (Å²) in [5.41, 5.74) is 1.66. The monoisotopic (exact) mass is 227 g/mol. The van der Waals surface area contributed by atoms with Crippen LogP contribution >= 0.6 is 12.2 Å². The topological polar surface area (TPSA) is 46.5 Å². The molecule has 3 nitrogen and oxygen atoms in total. The third-order valence-corrected chi connectivity index (χ3v) is 3.03. The first-order valence-corrected chi connectivity index (χ1v) is 5.93. The summed E-state index contributed by atoms with van der Waals surface area (Å²) in [6.07, 6.45) is 0. The summed E-state index contributed by atoms with van der Waals surface area (Å²) >= 11 is 4.25. The van der Waals surface area contributed by atoms with Gasteiger partial charge in [-0.2, -0.15) is 0 Å². The number of sulfonamides is 1. The molecule has 0 saturated carbocycles. The Balaban J connectivity index is 3.01. The summed E-state index contributed by atoms with van der Waals surface area (Å²) in [5, 5.41) is 1.87. The van der Waals surface area contributed by atoms with Crippen molar-refractivity contribution in [1.29, 1.82) is 0 Å². The van der Waals surface area contributed by atoms with E-state index in [0.717, 1.165) is 11.1 Å². The molecular weight excluding hydrogens is 218 g/mol. The van der Waals surface area contributed by atoms with Gasteiger partial charge in [-0.25, -0.2) is 8.42 Å². The van der Waals surface area contributed by atoms with Gasteiger partial charge in [0.15, 0.2) is 0 Å². The van der Waals surface area contributed by atoms with Crippen LogP contribution in [0.2, 0.25) is 0 Å². The molecule has 1 aromatic carbocycles. The number of hydrogen-bond acceptors (Lipinski definition) is 3. The van der Waals surface area contributed by atoms with Crippen LogP contribution in [-0.4, -0.2) is 13.6 Å². The van der Waals surface area contributed by atoms with E-state index in [1.807, 2.05) is 24.2 Å². The fourth-order valence-corrected chi connectivity index (χ4v) is 2.29. The first kappa shape index (κ1) is 11.0. The maximum absolute atomic E-state index is 11.3. The zero-order valence-electron chi connectivity index (χ0n) is 7.60. The number of rotatable bonds is 3. The number of benzene rings is 1. The number of aryl methyl sites for hydroxylation is 1. The highest BCUT2D eigenvalue weighted by atomic mass is 32.2. The molecule has 0 amide bonds. The largest absolute Gasteiger partial charge is 0.265 e. The smallest absolute Gasteiger partial charge is 0.204 e. The van der Waals surface area contributed by atoms with Gasteiger partial charge in [-0.05, 0) is 30.3 Å². The van der Waals surface area contributed by atoms with Gasteiger partial charge in [0.05, 0.1) is 10.9 Å². The quantitative estimate of drug-likeness (QED) is 0.585. The van der Waals surface area contributed by atoms with Crippen LogP contribution in [0.3, 0.4) is 0 Å². The van der Waals surface area contributed by atoms with E-state index in [-0.39, 0.29) is 5.75 Å². The molecule has 0 aromatic heterocycles. The van der Waals surface area contributed by atoms with Gasteiger partial charge in [-0.3, -0.25) is 0 Å². The van der Waals surface area contributed by atoms with Crippen molar-refractivity contribution in [1.82, 2.24) is 0 Å². The minimum atomic E-state index is -3.50. The van der Waals surface area contributed by atoms with Crippen molar-refractivity contribution in [2.75, 3.05) is 0 Å². The number of hydrogen-bond donors (Lipinski definition) is 0. The van der Waals surface area contributed by atoms with Crippen LogP contribution in [0, 0.1) is 6.92 Å². The summed E-state index contributed by atoms with van der Waals surface area (Å²) in [6, 6.07) is 7.25. The van der Waals surface area contributed by atoms with Crippen molar-refractivity contribution in [2.24, 2.45) is 4.40 Å². The summed E-state index contributed by atoms with van der Waals surface area (Å²) in [6.45, 7) is 1.85. The predicted octanol–water partition coefficient (Wildman–Crippen LogP) is 1.93. The molecule has 0 heterocycles. The average molecular weight is 227 g/mol. The third-order valence-electron chi connectivity index (χ3n) is 1.78. The SMILES string of the molecule is Cc1ccccc1CS(=O)(=O)N=C=S. The third kappa shape index (κ3) is 3.03. The molecule has 1 aromatic rings. The summed E-state index contributed by atoms with van der Waals surface area (Å²) in [4.78, 5) is 0. The Hall–Kier alpha value is -1.03. The van der Waals surface area contributed by atoms with E-state index >= 15 is 0 Å².